The summed E-state index contributed by atoms with van der Waals surface area (Å²) in [6, 6.07) is 12.3. The maximum atomic E-state index is 12.4. The van der Waals surface area contributed by atoms with Crippen LogP contribution in [0.3, 0.4) is 0 Å². The fraction of sp³-hybridized carbons (Fsp3) is 0.176. The Labute approximate surface area is 146 Å². The number of sulfonamides is 1. The van der Waals surface area contributed by atoms with E-state index in [9.17, 15) is 18.0 Å². The lowest BCUT2D eigenvalue weighted by atomic mass is 10.2. The summed E-state index contributed by atoms with van der Waals surface area (Å²) in [7, 11) is -2.11. The number of hydrogen-bond donors (Lipinski definition) is 2. The van der Waals surface area contributed by atoms with Crippen LogP contribution in [0.2, 0.25) is 0 Å². The van der Waals surface area contributed by atoms with Crippen molar-refractivity contribution in [3.05, 3.63) is 48.5 Å². The number of carbonyl (C=O) groups is 2. The second-order valence-electron chi connectivity index (χ2n) is 5.44. The minimum Gasteiger partial charge on any atom is -0.326 e. The molecule has 8 heteroatoms. The normalized spacial score (nSPS) is 10.8. The monoisotopic (exact) mass is 361 g/mol. The molecular weight excluding hydrogens is 342 g/mol. The van der Waals surface area contributed by atoms with Crippen molar-refractivity contribution in [2.24, 2.45) is 0 Å². The van der Waals surface area contributed by atoms with Crippen molar-refractivity contribution in [1.82, 2.24) is 0 Å². The lowest BCUT2D eigenvalue weighted by Crippen LogP contribution is -2.22. The number of nitrogens with zero attached hydrogens (tertiary/aromatic N) is 1. The molecule has 0 spiro atoms. The van der Waals surface area contributed by atoms with E-state index in [0.29, 0.717) is 17.1 Å². The Morgan fingerprint density at radius 1 is 0.880 bits per heavy atom. The van der Waals surface area contributed by atoms with Gasteiger partial charge in [0.2, 0.25) is 11.8 Å². The first-order valence-electron chi connectivity index (χ1n) is 7.44. The summed E-state index contributed by atoms with van der Waals surface area (Å²) in [6.07, 6.45) is 0. The molecule has 0 saturated carbocycles. The third kappa shape index (κ3) is 4.80. The average Bonchev–Trinajstić information content (AvgIpc) is 2.54. The standard InChI is InChI=1S/C17H19N3O4S/c1-12(21)18-14-6-10-17(11-7-14)25(23,24)19-15-4-8-16(9-5-15)20(3)13(2)22/h4-11,19H,1-3H3,(H,18,21). The zero-order valence-electron chi connectivity index (χ0n) is 14.1. The van der Waals surface area contributed by atoms with Crippen LogP contribution in [-0.4, -0.2) is 27.3 Å². The first-order chi connectivity index (χ1) is 11.7. The van der Waals surface area contributed by atoms with Gasteiger partial charge in [0, 0.05) is 38.0 Å². The topological polar surface area (TPSA) is 95.6 Å². The van der Waals surface area contributed by atoms with Crippen LogP contribution in [0, 0.1) is 0 Å². The molecule has 132 valence electrons. The lowest BCUT2D eigenvalue weighted by Gasteiger charge is -2.15. The second-order valence-corrected chi connectivity index (χ2v) is 7.12. The van der Waals surface area contributed by atoms with E-state index in [0.717, 1.165) is 0 Å². The molecule has 25 heavy (non-hydrogen) atoms. The number of amides is 2. The predicted molar refractivity (Wildman–Crippen MR) is 97.1 cm³/mol. The molecular formula is C17H19N3O4S. The molecule has 0 aliphatic carbocycles. The van der Waals surface area contributed by atoms with E-state index in [1.165, 1.54) is 43.0 Å². The minimum absolute atomic E-state index is 0.0755. The van der Waals surface area contributed by atoms with Gasteiger partial charge in [-0.15, -0.1) is 0 Å². The molecule has 0 saturated heterocycles. The number of benzene rings is 2. The van der Waals surface area contributed by atoms with E-state index in [1.807, 2.05) is 0 Å². The number of nitrogens with one attached hydrogen (secondary N) is 2. The minimum atomic E-state index is -3.75. The molecule has 7 nitrogen and oxygen atoms in total. The third-order valence-electron chi connectivity index (χ3n) is 3.46. The van der Waals surface area contributed by atoms with Gasteiger partial charge in [0.1, 0.15) is 0 Å². The highest BCUT2D eigenvalue weighted by atomic mass is 32.2. The van der Waals surface area contributed by atoms with Crippen molar-refractivity contribution in [3.63, 3.8) is 0 Å². The molecule has 0 aliphatic heterocycles. The van der Waals surface area contributed by atoms with Crippen LogP contribution in [0.1, 0.15) is 13.8 Å². The fourth-order valence-electron chi connectivity index (χ4n) is 2.07. The highest BCUT2D eigenvalue weighted by molar-refractivity contribution is 7.92. The molecule has 2 aromatic rings. The molecule has 0 aliphatic rings. The maximum absolute atomic E-state index is 12.4. The van der Waals surface area contributed by atoms with Gasteiger partial charge in [-0.1, -0.05) is 0 Å². The van der Waals surface area contributed by atoms with Crippen LogP contribution < -0.4 is 14.9 Å². The highest BCUT2D eigenvalue weighted by Gasteiger charge is 2.14. The van der Waals surface area contributed by atoms with Gasteiger partial charge in [0.15, 0.2) is 0 Å². The SMILES string of the molecule is CC(=O)Nc1ccc(S(=O)(=O)Nc2ccc(N(C)C(C)=O)cc2)cc1. The summed E-state index contributed by atoms with van der Waals surface area (Å²) in [6.45, 7) is 2.82. The van der Waals surface area contributed by atoms with E-state index in [2.05, 4.69) is 10.0 Å². The highest BCUT2D eigenvalue weighted by Crippen LogP contribution is 2.21. The van der Waals surface area contributed by atoms with E-state index >= 15 is 0 Å². The molecule has 0 unspecified atom stereocenters. The molecule has 2 rings (SSSR count). The predicted octanol–water partition coefficient (Wildman–Crippen LogP) is 2.43. The molecule has 0 aromatic heterocycles. The first-order valence-corrected chi connectivity index (χ1v) is 8.92. The zero-order chi connectivity index (χ0) is 18.6. The van der Waals surface area contributed by atoms with Crippen molar-refractivity contribution in [1.29, 1.82) is 0 Å². The molecule has 0 atom stereocenters. The van der Waals surface area contributed by atoms with Crippen LogP contribution >= 0.6 is 0 Å². The summed E-state index contributed by atoms with van der Waals surface area (Å²) in [5.41, 5.74) is 1.56. The first kappa shape index (κ1) is 18.5. The van der Waals surface area contributed by atoms with Crippen LogP contribution in [0.5, 0.6) is 0 Å². The van der Waals surface area contributed by atoms with Crippen LogP contribution in [0.4, 0.5) is 17.1 Å². The average molecular weight is 361 g/mol. The van der Waals surface area contributed by atoms with Crippen molar-refractivity contribution >= 4 is 38.9 Å². The third-order valence-corrected chi connectivity index (χ3v) is 4.86. The van der Waals surface area contributed by atoms with Gasteiger partial charge >= 0.3 is 0 Å². The largest absolute Gasteiger partial charge is 0.326 e. The van der Waals surface area contributed by atoms with Crippen molar-refractivity contribution < 1.29 is 18.0 Å². The Morgan fingerprint density at radius 3 is 1.88 bits per heavy atom. The Bertz CT molecular complexity index is 875. The summed E-state index contributed by atoms with van der Waals surface area (Å²) in [5.74, 6) is -0.350. The molecule has 0 radical (unpaired) electrons. The zero-order valence-corrected chi connectivity index (χ0v) is 14.9. The smallest absolute Gasteiger partial charge is 0.261 e. The number of anilines is 3. The summed E-state index contributed by atoms with van der Waals surface area (Å²) >= 11 is 0. The van der Waals surface area contributed by atoms with Crippen LogP contribution in [0.25, 0.3) is 0 Å². The van der Waals surface area contributed by atoms with Gasteiger partial charge in [0.05, 0.1) is 4.90 Å². The number of hydrogen-bond acceptors (Lipinski definition) is 4. The van der Waals surface area contributed by atoms with Gasteiger partial charge < -0.3 is 10.2 Å². The van der Waals surface area contributed by atoms with E-state index in [-0.39, 0.29) is 16.7 Å². The molecule has 0 bridgehead atoms. The van der Waals surface area contributed by atoms with Crippen molar-refractivity contribution in [2.75, 3.05) is 22.0 Å². The Balaban J connectivity index is 2.15. The van der Waals surface area contributed by atoms with E-state index < -0.39 is 10.0 Å². The van der Waals surface area contributed by atoms with Gasteiger partial charge in [-0.2, -0.15) is 0 Å². The van der Waals surface area contributed by atoms with E-state index in [1.54, 1.807) is 31.3 Å². The maximum Gasteiger partial charge on any atom is 0.261 e. The Hall–Kier alpha value is -2.87. The van der Waals surface area contributed by atoms with Crippen molar-refractivity contribution in [3.8, 4) is 0 Å². The number of carbonyl (C=O) groups excluding carboxylic acids is 2. The number of rotatable bonds is 5. The van der Waals surface area contributed by atoms with E-state index in [4.69, 9.17) is 0 Å². The Kier molecular flexibility index (Phi) is 5.43. The van der Waals surface area contributed by atoms with Crippen molar-refractivity contribution in [2.45, 2.75) is 18.7 Å². The molecule has 0 heterocycles. The van der Waals surface area contributed by atoms with Gasteiger partial charge in [-0.3, -0.25) is 14.3 Å². The fourth-order valence-corrected chi connectivity index (χ4v) is 3.13. The van der Waals surface area contributed by atoms with Gasteiger partial charge in [0.25, 0.3) is 10.0 Å². The lowest BCUT2D eigenvalue weighted by molar-refractivity contribution is -0.116. The molecule has 0 fully saturated rings. The molecule has 2 amide bonds. The Morgan fingerprint density at radius 2 is 1.40 bits per heavy atom. The molecule has 2 aromatic carbocycles. The second kappa shape index (κ2) is 7.35. The van der Waals surface area contributed by atoms with Gasteiger partial charge in [-0.05, 0) is 48.5 Å². The summed E-state index contributed by atoms with van der Waals surface area (Å²) in [5, 5.41) is 2.57. The summed E-state index contributed by atoms with van der Waals surface area (Å²) < 4.78 is 27.3. The van der Waals surface area contributed by atoms with Crippen LogP contribution in [-0.2, 0) is 19.6 Å². The van der Waals surface area contributed by atoms with Gasteiger partial charge in [-0.25, -0.2) is 8.42 Å². The van der Waals surface area contributed by atoms with Crippen LogP contribution in [0.15, 0.2) is 53.4 Å². The molecule has 2 N–H and O–H groups in total. The summed E-state index contributed by atoms with van der Waals surface area (Å²) in [4.78, 5) is 23.8. The quantitative estimate of drug-likeness (QED) is 0.855.